The fourth-order valence-electron chi connectivity index (χ4n) is 1.66. The quantitative estimate of drug-likeness (QED) is 0.644. The van der Waals surface area contributed by atoms with Crippen LogP contribution in [0.5, 0.6) is 0 Å². The zero-order valence-corrected chi connectivity index (χ0v) is 10.8. The minimum Gasteiger partial charge on any atom is -0.389 e. The molecule has 1 aliphatic heterocycles. The number of nitrogens with two attached hydrogens (primary N) is 1. The molecule has 1 saturated heterocycles. The lowest BCUT2D eigenvalue weighted by Gasteiger charge is -2.26. The van der Waals surface area contributed by atoms with E-state index in [0.717, 1.165) is 4.90 Å². The molecule has 5 nitrogen and oxygen atoms in total. The Morgan fingerprint density at radius 3 is 2.50 bits per heavy atom. The molecule has 2 N–H and O–H groups in total. The Hall–Kier alpha value is -1.50. The molecular weight excluding hydrogens is 276 g/mol. The van der Waals surface area contributed by atoms with Crippen molar-refractivity contribution in [3.05, 3.63) is 28.8 Å². The van der Waals surface area contributed by atoms with Crippen molar-refractivity contribution in [3.63, 3.8) is 0 Å². The van der Waals surface area contributed by atoms with Crippen molar-refractivity contribution in [1.29, 1.82) is 0 Å². The molecule has 94 valence electrons. The number of benzene rings is 1. The first-order chi connectivity index (χ1) is 8.50. The Labute approximate surface area is 113 Å². The summed E-state index contributed by atoms with van der Waals surface area (Å²) in [6, 6.07) is 4.65. The first kappa shape index (κ1) is 12.9. The number of carbonyl (C=O) groups is 2. The van der Waals surface area contributed by atoms with E-state index in [4.69, 9.17) is 34.3 Å². The first-order valence-electron chi connectivity index (χ1n) is 5.03. The van der Waals surface area contributed by atoms with Gasteiger partial charge in [0, 0.05) is 10.6 Å². The maximum absolute atomic E-state index is 11.7. The van der Waals surface area contributed by atoms with Crippen molar-refractivity contribution >= 4 is 46.3 Å². The summed E-state index contributed by atoms with van der Waals surface area (Å²) in [6.07, 6.45) is 0. The maximum Gasteiger partial charge on any atom is 0.259 e. The van der Waals surface area contributed by atoms with Gasteiger partial charge >= 0.3 is 0 Å². The smallest absolute Gasteiger partial charge is 0.259 e. The largest absolute Gasteiger partial charge is 0.389 e. The first-order valence-corrected chi connectivity index (χ1v) is 5.82. The van der Waals surface area contributed by atoms with Crippen LogP contribution >= 0.6 is 23.8 Å². The predicted molar refractivity (Wildman–Crippen MR) is 70.7 cm³/mol. The van der Waals surface area contributed by atoms with Crippen LogP contribution in [0.1, 0.15) is 5.56 Å². The molecule has 2 amide bonds. The highest BCUT2D eigenvalue weighted by atomic mass is 35.5. The zero-order valence-electron chi connectivity index (χ0n) is 9.18. The molecule has 0 bridgehead atoms. The maximum atomic E-state index is 11.7. The average Bonchev–Trinajstić information content (AvgIpc) is 2.28. The van der Waals surface area contributed by atoms with Gasteiger partial charge in [-0.1, -0.05) is 23.8 Å². The molecule has 2 rings (SSSR count). The number of carbonyl (C=O) groups excluding carboxylic acids is 2. The van der Waals surface area contributed by atoms with Gasteiger partial charge in [0.2, 0.25) is 0 Å². The average molecular weight is 285 g/mol. The number of hydrogen-bond donors (Lipinski definition) is 1. The van der Waals surface area contributed by atoms with E-state index in [1.807, 2.05) is 0 Å². The number of morpholine rings is 1. The van der Waals surface area contributed by atoms with Gasteiger partial charge in [0.25, 0.3) is 11.8 Å². The molecule has 1 aliphatic rings. The number of nitrogens with zero attached hydrogens (tertiary/aromatic N) is 1. The summed E-state index contributed by atoms with van der Waals surface area (Å²) >= 11 is 10.8. The third-order valence-corrected chi connectivity index (χ3v) is 2.87. The van der Waals surface area contributed by atoms with Crippen molar-refractivity contribution in [1.82, 2.24) is 0 Å². The number of anilines is 1. The standard InChI is InChI=1S/C11H9ClN2O3S/c12-6-1-2-7(11(13)18)8(3-6)14-9(15)4-17-5-10(14)16/h1-3H,4-5H2,(H2,13,18). The van der Waals surface area contributed by atoms with E-state index in [1.165, 1.54) is 6.07 Å². The summed E-state index contributed by atoms with van der Waals surface area (Å²) in [6.45, 7) is -0.315. The highest BCUT2D eigenvalue weighted by Crippen LogP contribution is 2.26. The van der Waals surface area contributed by atoms with Crippen LogP contribution in [0.15, 0.2) is 18.2 Å². The van der Waals surface area contributed by atoms with Crippen LogP contribution in [0.3, 0.4) is 0 Å². The highest BCUT2D eigenvalue weighted by molar-refractivity contribution is 7.80. The molecule has 1 fully saturated rings. The van der Waals surface area contributed by atoms with Gasteiger partial charge in [0.15, 0.2) is 0 Å². The molecule has 0 aliphatic carbocycles. The number of imide groups is 1. The van der Waals surface area contributed by atoms with Crippen molar-refractivity contribution in [2.24, 2.45) is 5.73 Å². The molecule has 0 spiro atoms. The Balaban J connectivity index is 2.54. The second kappa shape index (κ2) is 5.01. The number of rotatable bonds is 2. The predicted octanol–water partition coefficient (Wildman–Crippen LogP) is 0.864. The van der Waals surface area contributed by atoms with Gasteiger partial charge in [-0.3, -0.25) is 9.59 Å². The van der Waals surface area contributed by atoms with E-state index < -0.39 is 11.8 Å². The van der Waals surface area contributed by atoms with E-state index in [1.54, 1.807) is 12.1 Å². The van der Waals surface area contributed by atoms with Crippen molar-refractivity contribution < 1.29 is 14.3 Å². The molecule has 1 aromatic rings. The Kier molecular flexibility index (Phi) is 3.60. The molecule has 18 heavy (non-hydrogen) atoms. The fraction of sp³-hybridized carbons (Fsp3) is 0.182. The third kappa shape index (κ3) is 2.35. The zero-order chi connectivity index (χ0) is 13.3. The molecule has 7 heteroatoms. The van der Waals surface area contributed by atoms with Gasteiger partial charge in [0.05, 0.1) is 5.69 Å². The monoisotopic (exact) mass is 284 g/mol. The Bertz CT molecular complexity index is 531. The van der Waals surface area contributed by atoms with Crippen LogP contribution in [0.2, 0.25) is 5.02 Å². The second-order valence-corrected chi connectivity index (χ2v) is 4.52. The summed E-state index contributed by atoms with van der Waals surface area (Å²) in [4.78, 5) is 24.6. The molecule has 1 aromatic carbocycles. The Morgan fingerprint density at radius 2 is 1.94 bits per heavy atom. The molecule has 0 atom stereocenters. The van der Waals surface area contributed by atoms with E-state index in [-0.39, 0.29) is 18.2 Å². The van der Waals surface area contributed by atoms with Crippen LogP contribution in [0.4, 0.5) is 5.69 Å². The lowest BCUT2D eigenvalue weighted by molar-refractivity contribution is -0.138. The molecular formula is C11H9ClN2O3S. The van der Waals surface area contributed by atoms with Crippen LogP contribution in [0, 0.1) is 0 Å². The van der Waals surface area contributed by atoms with Gasteiger partial charge < -0.3 is 10.5 Å². The summed E-state index contributed by atoms with van der Waals surface area (Å²) in [5.41, 5.74) is 6.30. The molecule has 0 unspecified atom stereocenters. The van der Waals surface area contributed by atoms with Gasteiger partial charge in [-0.25, -0.2) is 4.90 Å². The number of amides is 2. The van der Waals surface area contributed by atoms with Crippen molar-refractivity contribution in [3.8, 4) is 0 Å². The minimum absolute atomic E-state index is 0.0914. The number of ether oxygens (including phenoxy) is 1. The molecule has 0 radical (unpaired) electrons. The third-order valence-electron chi connectivity index (χ3n) is 2.42. The van der Waals surface area contributed by atoms with Crippen LogP contribution in [-0.4, -0.2) is 30.0 Å². The minimum atomic E-state index is -0.467. The number of hydrogen-bond acceptors (Lipinski definition) is 4. The topological polar surface area (TPSA) is 72.6 Å². The highest BCUT2D eigenvalue weighted by Gasteiger charge is 2.30. The fourth-order valence-corrected chi connectivity index (χ4v) is 2.00. The van der Waals surface area contributed by atoms with E-state index in [9.17, 15) is 9.59 Å². The number of thiocarbonyl (C=S) groups is 1. The SMILES string of the molecule is NC(=S)c1ccc(Cl)cc1N1C(=O)COCC1=O. The normalized spacial score (nSPS) is 15.9. The van der Waals surface area contributed by atoms with E-state index in [0.29, 0.717) is 16.3 Å². The summed E-state index contributed by atoms with van der Waals surface area (Å²) in [5, 5.41) is 0.386. The van der Waals surface area contributed by atoms with Crippen LogP contribution in [-0.2, 0) is 14.3 Å². The molecule has 0 aromatic heterocycles. The number of halogens is 1. The summed E-state index contributed by atoms with van der Waals surface area (Å²) in [7, 11) is 0. The van der Waals surface area contributed by atoms with Gasteiger partial charge in [-0.2, -0.15) is 0 Å². The molecule has 1 heterocycles. The Morgan fingerprint density at radius 1 is 1.33 bits per heavy atom. The molecule has 0 saturated carbocycles. The summed E-state index contributed by atoms with van der Waals surface area (Å²) < 4.78 is 4.84. The van der Waals surface area contributed by atoms with Crippen LogP contribution < -0.4 is 10.6 Å². The summed E-state index contributed by atoms with van der Waals surface area (Å²) in [5.74, 6) is -0.933. The lowest BCUT2D eigenvalue weighted by Crippen LogP contribution is -2.47. The van der Waals surface area contributed by atoms with E-state index >= 15 is 0 Å². The van der Waals surface area contributed by atoms with Crippen LogP contribution in [0.25, 0.3) is 0 Å². The lowest BCUT2D eigenvalue weighted by atomic mass is 10.1. The second-order valence-electron chi connectivity index (χ2n) is 3.64. The van der Waals surface area contributed by atoms with Gasteiger partial charge in [0.1, 0.15) is 18.2 Å². The van der Waals surface area contributed by atoms with Gasteiger partial charge in [-0.15, -0.1) is 0 Å². The van der Waals surface area contributed by atoms with Crippen molar-refractivity contribution in [2.75, 3.05) is 18.1 Å². The van der Waals surface area contributed by atoms with Gasteiger partial charge in [-0.05, 0) is 18.2 Å². The van der Waals surface area contributed by atoms with E-state index in [2.05, 4.69) is 0 Å². The van der Waals surface area contributed by atoms with Crippen molar-refractivity contribution in [2.45, 2.75) is 0 Å².